The summed E-state index contributed by atoms with van der Waals surface area (Å²) in [6, 6.07) is 15.8. The van der Waals surface area contributed by atoms with Crippen LogP contribution in [-0.4, -0.2) is 25.7 Å². The summed E-state index contributed by atoms with van der Waals surface area (Å²) in [6.07, 6.45) is 1.11. The van der Waals surface area contributed by atoms with E-state index in [2.05, 4.69) is 29.4 Å². The molecule has 26 heavy (non-hydrogen) atoms. The van der Waals surface area contributed by atoms with Crippen molar-refractivity contribution < 1.29 is 9.47 Å². The fourth-order valence-electron chi connectivity index (χ4n) is 2.56. The molecule has 0 amide bonds. The molecule has 0 saturated carbocycles. The molecule has 3 N–H and O–H groups in total. The zero-order chi connectivity index (χ0) is 18.9. The van der Waals surface area contributed by atoms with E-state index in [4.69, 9.17) is 15.2 Å². The monoisotopic (exact) mass is 355 g/mol. The van der Waals surface area contributed by atoms with Crippen LogP contribution < -0.4 is 20.5 Å². The van der Waals surface area contributed by atoms with Crippen LogP contribution in [0.25, 0.3) is 0 Å². The number of nitrogens with one attached hydrogen (secondary N) is 1. The Balaban J connectivity index is 1.82. The predicted octanol–water partition coefficient (Wildman–Crippen LogP) is 4.09. The number of rotatable bonds is 8. The SMILES string of the molecule is COc1ccc(CC(C)CN=C(N)Nc2ccc(OC(C)C)cc2)cc1. The van der Waals surface area contributed by atoms with Crippen molar-refractivity contribution in [3.8, 4) is 11.5 Å². The molecule has 0 saturated heterocycles. The Bertz CT molecular complexity index is 694. The number of ether oxygens (including phenoxy) is 2. The van der Waals surface area contributed by atoms with E-state index < -0.39 is 0 Å². The lowest BCUT2D eigenvalue weighted by atomic mass is 10.0. The fourth-order valence-corrected chi connectivity index (χ4v) is 2.56. The van der Waals surface area contributed by atoms with E-state index in [1.807, 2.05) is 50.2 Å². The van der Waals surface area contributed by atoms with Crippen LogP contribution in [0.4, 0.5) is 5.69 Å². The van der Waals surface area contributed by atoms with E-state index in [1.54, 1.807) is 7.11 Å². The van der Waals surface area contributed by atoms with E-state index in [-0.39, 0.29) is 6.10 Å². The molecule has 1 atom stereocenters. The lowest BCUT2D eigenvalue weighted by Crippen LogP contribution is -2.23. The standard InChI is InChI=1S/C21H29N3O2/c1-15(2)26-20-11-7-18(8-12-20)24-21(22)23-14-16(3)13-17-5-9-19(25-4)10-6-17/h5-12,15-16H,13-14H2,1-4H3,(H3,22,23,24). The highest BCUT2D eigenvalue weighted by molar-refractivity contribution is 5.92. The maximum atomic E-state index is 6.00. The summed E-state index contributed by atoms with van der Waals surface area (Å²) in [5.41, 5.74) is 8.15. The molecule has 0 aliphatic heterocycles. The zero-order valence-electron chi connectivity index (χ0n) is 16.0. The Hall–Kier alpha value is -2.69. The van der Waals surface area contributed by atoms with Gasteiger partial charge >= 0.3 is 0 Å². The van der Waals surface area contributed by atoms with Crippen molar-refractivity contribution in [3.05, 3.63) is 54.1 Å². The Morgan fingerprint density at radius 3 is 2.19 bits per heavy atom. The smallest absolute Gasteiger partial charge is 0.193 e. The number of hydrogen-bond donors (Lipinski definition) is 2. The van der Waals surface area contributed by atoms with Gasteiger partial charge < -0.3 is 20.5 Å². The van der Waals surface area contributed by atoms with Crippen LogP contribution >= 0.6 is 0 Å². The Morgan fingerprint density at radius 2 is 1.62 bits per heavy atom. The molecule has 0 aliphatic rings. The van der Waals surface area contributed by atoms with E-state index in [9.17, 15) is 0 Å². The topological polar surface area (TPSA) is 68.9 Å². The second-order valence-corrected chi connectivity index (χ2v) is 6.70. The number of nitrogens with zero attached hydrogens (tertiary/aromatic N) is 1. The first-order valence-electron chi connectivity index (χ1n) is 8.93. The summed E-state index contributed by atoms with van der Waals surface area (Å²) < 4.78 is 10.8. The van der Waals surface area contributed by atoms with Crippen LogP contribution in [0.2, 0.25) is 0 Å². The molecule has 2 rings (SSSR count). The number of anilines is 1. The number of nitrogens with two attached hydrogens (primary N) is 1. The van der Waals surface area contributed by atoms with Gasteiger partial charge in [0.15, 0.2) is 5.96 Å². The molecule has 140 valence electrons. The summed E-state index contributed by atoms with van der Waals surface area (Å²) >= 11 is 0. The van der Waals surface area contributed by atoms with Crippen LogP contribution in [0.15, 0.2) is 53.5 Å². The van der Waals surface area contributed by atoms with Gasteiger partial charge in [-0.1, -0.05) is 19.1 Å². The normalized spacial score (nSPS) is 12.7. The first-order chi connectivity index (χ1) is 12.5. The third-order valence-electron chi connectivity index (χ3n) is 3.82. The Morgan fingerprint density at radius 1 is 1.00 bits per heavy atom. The van der Waals surface area contributed by atoms with Crippen molar-refractivity contribution in [2.24, 2.45) is 16.6 Å². The van der Waals surface area contributed by atoms with E-state index in [1.165, 1.54) is 5.56 Å². The quantitative estimate of drug-likeness (QED) is 0.553. The molecule has 0 heterocycles. The zero-order valence-corrected chi connectivity index (χ0v) is 16.0. The Labute approximate surface area is 156 Å². The summed E-state index contributed by atoms with van der Waals surface area (Å²) in [6.45, 7) is 6.84. The molecule has 1 unspecified atom stereocenters. The van der Waals surface area contributed by atoms with Gasteiger partial charge in [-0.25, -0.2) is 0 Å². The number of guanidine groups is 1. The molecular formula is C21H29N3O2. The number of methoxy groups -OCH3 is 1. The molecule has 5 heteroatoms. The van der Waals surface area contributed by atoms with Crippen molar-refractivity contribution in [2.75, 3.05) is 19.0 Å². The molecule has 0 radical (unpaired) electrons. The van der Waals surface area contributed by atoms with Gasteiger partial charge in [0.1, 0.15) is 11.5 Å². The molecule has 0 aromatic heterocycles. The molecule has 2 aromatic rings. The van der Waals surface area contributed by atoms with Gasteiger partial charge in [0.25, 0.3) is 0 Å². The summed E-state index contributed by atoms with van der Waals surface area (Å²) in [7, 11) is 1.67. The molecular weight excluding hydrogens is 326 g/mol. The third-order valence-corrected chi connectivity index (χ3v) is 3.82. The van der Waals surface area contributed by atoms with Gasteiger partial charge in [-0.05, 0) is 68.1 Å². The van der Waals surface area contributed by atoms with Crippen LogP contribution in [0.5, 0.6) is 11.5 Å². The minimum Gasteiger partial charge on any atom is -0.497 e. The van der Waals surface area contributed by atoms with Gasteiger partial charge in [0.2, 0.25) is 0 Å². The highest BCUT2D eigenvalue weighted by atomic mass is 16.5. The molecule has 0 aliphatic carbocycles. The van der Waals surface area contributed by atoms with Gasteiger partial charge in [0.05, 0.1) is 13.2 Å². The van der Waals surface area contributed by atoms with Crippen molar-refractivity contribution in [1.82, 2.24) is 0 Å². The van der Waals surface area contributed by atoms with Crippen LogP contribution in [0.3, 0.4) is 0 Å². The van der Waals surface area contributed by atoms with Crippen LogP contribution in [0, 0.1) is 5.92 Å². The largest absolute Gasteiger partial charge is 0.497 e. The number of aliphatic imine (C=N–C) groups is 1. The van der Waals surface area contributed by atoms with E-state index >= 15 is 0 Å². The van der Waals surface area contributed by atoms with Gasteiger partial charge in [-0.15, -0.1) is 0 Å². The van der Waals surface area contributed by atoms with Gasteiger partial charge in [-0.2, -0.15) is 0 Å². The first kappa shape index (κ1) is 19.6. The van der Waals surface area contributed by atoms with Gasteiger partial charge in [-0.3, -0.25) is 4.99 Å². The first-order valence-corrected chi connectivity index (χ1v) is 8.93. The average molecular weight is 355 g/mol. The third kappa shape index (κ3) is 6.67. The second kappa shape index (κ2) is 9.70. The van der Waals surface area contributed by atoms with Crippen LogP contribution in [-0.2, 0) is 6.42 Å². The van der Waals surface area contributed by atoms with Crippen LogP contribution in [0.1, 0.15) is 26.3 Å². The summed E-state index contributed by atoms with van der Waals surface area (Å²) in [4.78, 5) is 4.45. The summed E-state index contributed by atoms with van der Waals surface area (Å²) in [5.74, 6) is 2.53. The molecule has 0 spiro atoms. The van der Waals surface area contributed by atoms with Crippen molar-refractivity contribution in [2.45, 2.75) is 33.3 Å². The second-order valence-electron chi connectivity index (χ2n) is 6.70. The minimum atomic E-state index is 0.160. The molecule has 2 aromatic carbocycles. The molecule has 0 bridgehead atoms. The molecule has 5 nitrogen and oxygen atoms in total. The predicted molar refractivity (Wildman–Crippen MR) is 108 cm³/mol. The van der Waals surface area contributed by atoms with Crippen molar-refractivity contribution >= 4 is 11.6 Å². The minimum absolute atomic E-state index is 0.160. The molecule has 0 fully saturated rings. The summed E-state index contributed by atoms with van der Waals surface area (Å²) in [5, 5.41) is 3.11. The maximum Gasteiger partial charge on any atom is 0.193 e. The number of benzene rings is 2. The van der Waals surface area contributed by atoms with E-state index in [0.717, 1.165) is 23.6 Å². The van der Waals surface area contributed by atoms with E-state index in [0.29, 0.717) is 18.4 Å². The van der Waals surface area contributed by atoms with Crippen molar-refractivity contribution in [1.29, 1.82) is 0 Å². The number of hydrogen-bond acceptors (Lipinski definition) is 3. The highest BCUT2D eigenvalue weighted by Crippen LogP contribution is 2.17. The Kier molecular flexibility index (Phi) is 7.33. The maximum absolute atomic E-state index is 6.00. The highest BCUT2D eigenvalue weighted by Gasteiger charge is 2.05. The lowest BCUT2D eigenvalue weighted by molar-refractivity contribution is 0.242. The lowest BCUT2D eigenvalue weighted by Gasteiger charge is -2.12. The fraction of sp³-hybridized carbons (Fsp3) is 0.381. The average Bonchev–Trinajstić information content (AvgIpc) is 2.62. The van der Waals surface area contributed by atoms with Crippen molar-refractivity contribution in [3.63, 3.8) is 0 Å². The van der Waals surface area contributed by atoms with Gasteiger partial charge in [0, 0.05) is 12.2 Å².